The van der Waals surface area contributed by atoms with Crippen LogP contribution < -0.4 is 5.73 Å². The first-order chi connectivity index (χ1) is 9.11. The van der Waals surface area contributed by atoms with Gasteiger partial charge in [-0.15, -0.1) is 0 Å². The highest BCUT2D eigenvalue weighted by atomic mass is 15.2. The van der Waals surface area contributed by atoms with Crippen LogP contribution in [0.15, 0.2) is 24.3 Å². The Morgan fingerprint density at radius 2 is 1.74 bits per heavy atom. The summed E-state index contributed by atoms with van der Waals surface area (Å²) in [5.74, 6) is 0. The number of nitrogens with zero attached hydrogens (tertiary/aromatic N) is 1. The average molecular weight is 260 g/mol. The quantitative estimate of drug-likeness (QED) is 0.878. The van der Waals surface area contributed by atoms with Gasteiger partial charge in [-0.2, -0.15) is 0 Å². The lowest BCUT2D eigenvalue weighted by Crippen LogP contribution is -2.51. The van der Waals surface area contributed by atoms with Crippen molar-refractivity contribution in [3.05, 3.63) is 35.4 Å². The molecule has 0 spiro atoms. The van der Waals surface area contributed by atoms with Crippen LogP contribution in [0.2, 0.25) is 0 Å². The Labute approximate surface area is 118 Å². The van der Waals surface area contributed by atoms with Gasteiger partial charge in [-0.05, 0) is 56.8 Å². The summed E-state index contributed by atoms with van der Waals surface area (Å²) in [6.45, 7) is 9.18. The predicted molar refractivity (Wildman–Crippen MR) is 82.3 cm³/mol. The van der Waals surface area contributed by atoms with Crippen molar-refractivity contribution in [2.24, 2.45) is 5.73 Å². The molecule has 0 aliphatic carbocycles. The van der Waals surface area contributed by atoms with Crippen molar-refractivity contribution in [2.75, 3.05) is 13.1 Å². The van der Waals surface area contributed by atoms with E-state index in [4.69, 9.17) is 5.73 Å². The van der Waals surface area contributed by atoms with Gasteiger partial charge < -0.3 is 5.73 Å². The van der Waals surface area contributed by atoms with Crippen molar-refractivity contribution in [1.29, 1.82) is 0 Å². The number of nitrogens with two attached hydrogens (primary N) is 1. The molecule has 0 amide bonds. The first kappa shape index (κ1) is 14.5. The number of aryl methyl sites for hydroxylation is 1. The van der Waals surface area contributed by atoms with Gasteiger partial charge in [0.25, 0.3) is 0 Å². The number of likely N-dealkylation sites (tertiary alicyclic amines) is 1. The van der Waals surface area contributed by atoms with Crippen molar-refractivity contribution < 1.29 is 0 Å². The number of rotatable bonds is 5. The highest BCUT2D eigenvalue weighted by molar-refractivity contribution is 5.27. The molecule has 0 aromatic heterocycles. The van der Waals surface area contributed by atoms with Gasteiger partial charge in [0.05, 0.1) is 0 Å². The largest absolute Gasteiger partial charge is 0.322 e. The van der Waals surface area contributed by atoms with E-state index in [1.54, 1.807) is 0 Å². The molecule has 1 aromatic rings. The van der Waals surface area contributed by atoms with Crippen molar-refractivity contribution >= 4 is 0 Å². The van der Waals surface area contributed by atoms with Gasteiger partial charge in [0.2, 0.25) is 0 Å². The Hall–Kier alpha value is -0.860. The van der Waals surface area contributed by atoms with Crippen LogP contribution >= 0.6 is 0 Å². The highest BCUT2D eigenvalue weighted by Crippen LogP contribution is 2.34. The second-order valence-corrected chi connectivity index (χ2v) is 5.98. The van der Waals surface area contributed by atoms with Crippen LogP contribution in [0.25, 0.3) is 0 Å². The van der Waals surface area contributed by atoms with E-state index in [1.165, 1.54) is 37.1 Å². The smallest absolute Gasteiger partial charge is 0.0479 e. The van der Waals surface area contributed by atoms with E-state index < -0.39 is 0 Å². The minimum atomic E-state index is 0.0875. The highest BCUT2D eigenvalue weighted by Gasteiger charge is 2.38. The molecule has 1 fully saturated rings. The zero-order valence-corrected chi connectivity index (χ0v) is 12.7. The molecule has 0 radical (unpaired) electrons. The molecule has 106 valence electrons. The minimum absolute atomic E-state index is 0.0875. The summed E-state index contributed by atoms with van der Waals surface area (Å²) in [6, 6.07) is 8.97. The molecule has 2 rings (SSSR count). The van der Waals surface area contributed by atoms with Gasteiger partial charge in [-0.25, -0.2) is 0 Å². The topological polar surface area (TPSA) is 29.3 Å². The first-order valence-corrected chi connectivity index (χ1v) is 7.71. The Bertz CT molecular complexity index is 392. The monoisotopic (exact) mass is 260 g/mol. The molecule has 0 bridgehead atoms. The normalized spacial score (nSPS) is 21.3. The molecule has 1 saturated heterocycles. The van der Waals surface area contributed by atoms with Crippen LogP contribution in [0.4, 0.5) is 0 Å². The summed E-state index contributed by atoms with van der Waals surface area (Å²) in [5, 5.41) is 0. The molecular formula is C17H28N2. The Morgan fingerprint density at radius 1 is 1.16 bits per heavy atom. The van der Waals surface area contributed by atoms with Gasteiger partial charge >= 0.3 is 0 Å². The molecule has 2 heteroatoms. The lowest BCUT2D eigenvalue weighted by atomic mass is 9.83. The van der Waals surface area contributed by atoms with Gasteiger partial charge in [-0.1, -0.05) is 38.1 Å². The minimum Gasteiger partial charge on any atom is -0.322 e. The van der Waals surface area contributed by atoms with Crippen molar-refractivity contribution in [3.8, 4) is 0 Å². The second kappa shape index (κ2) is 6.06. The van der Waals surface area contributed by atoms with E-state index in [-0.39, 0.29) is 11.6 Å². The molecule has 2 unspecified atom stereocenters. The first-order valence-electron chi connectivity index (χ1n) is 7.71. The fraction of sp³-hybridized carbons (Fsp3) is 0.647. The zero-order valence-electron chi connectivity index (χ0n) is 12.7. The zero-order chi connectivity index (χ0) is 13.9. The molecule has 0 saturated carbocycles. The third kappa shape index (κ3) is 2.85. The summed E-state index contributed by atoms with van der Waals surface area (Å²) < 4.78 is 0. The van der Waals surface area contributed by atoms with Gasteiger partial charge in [-0.3, -0.25) is 4.90 Å². The standard InChI is InChI=1S/C17H28N2/c1-4-14-8-10-15(11-9-14)16(18)17(3,5-2)19-12-6-7-13-19/h8-11,16H,4-7,12-13,18H2,1-3H3. The van der Waals surface area contributed by atoms with E-state index in [0.717, 1.165) is 12.8 Å². The number of hydrogen-bond acceptors (Lipinski definition) is 2. The van der Waals surface area contributed by atoms with E-state index in [1.807, 2.05) is 0 Å². The van der Waals surface area contributed by atoms with Gasteiger partial charge in [0.15, 0.2) is 0 Å². The summed E-state index contributed by atoms with van der Waals surface area (Å²) in [7, 11) is 0. The molecule has 1 aromatic carbocycles. The van der Waals surface area contributed by atoms with E-state index >= 15 is 0 Å². The van der Waals surface area contributed by atoms with Crippen LogP contribution in [0.5, 0.6) is 0 Å². The fourth-order valence-electron chi connectivity index (χ4n) is 3.19. The van der Waals surface area contributed by atoms with Crippen molar-refractivity contribution in [1.82, 2.24) is 4.90 Å². The molecule has 1 aliphatic rings. The molecule has 1 heterocycles. The Morgan fingerprint density at radius 3 is 2.21 bits per heavy atom. The van der Waals surface area contributed by atoms with Crippen LogP contribution in [-0.4, -0.2) is 23.5 Å². The lowest BCUT2D eigenvalue weighted by Gasteiger charge is -2.43. The van der Waals surface area contributed by atoms with Crippen molar-refractivity contribution in [2.45, 2.75) is 58.0 Å². The molecule has 1 aliphatic heterocycles. The molecule has 19 heavy (non-hydrogen) atoms. The third-order valence-electron chi connectivity index (χ3n) is 4.96. The maximum Gasteiger partial charge on any atom is 0.0479 e. The van der Waals surface area contributed by atoms with Crippen LogP contribution in [-0.2, 0) is 6.42 Å². The average Bonchev–Trinajstić information content (AvgIpc) is 3.00. The maximum atomic E-state index is 6.61. The predicted octanol–water partition coefficient (Wildman–Crippen LogP) is 3.51. The number of hydrogen-bond donors (Lipinski definition) is 1. The molecule has 2 nitrogen and oxygen atoms in total. The maximum absolute atomic E-state index is 6.61. The SMILES string of the molecule is CCc1ccc(C(N)C(C)(CC)N2CCCC2)cc1. The van der Waals surface area contributed by atoms with Crippen LogP contribution in [0.3, 0.4) is 0 Å². The summed E-state index contributed by atoms with van der Waals surface area (Å²) in [4.78, 5) is 2.59. The summed E-state index contributed by atoms with van der Waals surface area (Å²) >= 11 is 0. The Balaban J connectivity index is 2.20. The third-order valence-corrected chi connectivity index (χ3v) is 4.96. The second-order valence-electron chi connectivity index (χ2n) is 5.98. The fourth-order valence-corrected chi connectivity index (χ4v) is 3.19. The van der Waals surface area contributed by atoms with Crippen molar-refractivity contribution in [3.63, 3.8) is 0 Å². The Kier molecular flexibility index (Phi) is 4.64. The number of benzene rings is 1. The van der Waals surface area contributed by atoms with E-state index in [9.17, 15) is 0 Å². The van der Waals surface area contributed by atoms with Crippen LogP contribution in [0.1, 0.15) is 57.2 Å². The molecule has 2 N–H and O–H groups in total. The van der Waals surface area contributed by atoms with E-state index in [0.29, 0.717) is 0 Å². The molecular weight excluding hydrogens is 232 g/mol. The van der Waals surface area contributed by atoms with Gasteiger partial charge in [0.1, 0.15) is 0 Å². The van der Waals surface area contributed by atoms with Gasteiger partial charge in [0, 0.05) is 11.6 Å². The lowest BCUT2D eigenvalue weighted by molar-refractivity contribution is 0.1000. The van der Waals surface area contributed by atoms with E-state index in [2.05, 4.69) is 49.9 Å². The molecule has 2 atom stereocenters. The summed E-state index contributed by atoms with van der Waals surface area (Å²) in [6.07, 6.45) is 4.82. The van der Waals surface area contributed by atoms with Crippen LogP contribution in [0, 0.1) is 0 Å². The summed E-state index contributed by atoms with van der Waals surface area (Å²) in [5.41, 5.74) is 9.36.